The molecule has 3 atom stereocenters. The Labute approximate surface area is 402 Å². The first-order valence-electron chi connectivity index (χ1n) is 22.4. The van der Waals surface area contributed by atoms with E-state index in [9.17, 15) is 24.3 Å². The number of halogens is 1. The van der Waals surface area contributed by atoms with Gasteiger partial charge in [0.25, 0.3) is 5.91 Å². The number of rotatable bonds is 22. The molecule has 0 saturated carbocycles. The van der Waals surface area contributed by atoms with Gasteiger partial charge in [-0.1, -0.05) is 49.7 Å². The van der Waals surface area contributed by atoms with E-state index in [1.54, 1.807) is 25.4 Å². The zero-order valence-corrected chi connectivity index (χ0v) is 40.4. The number of aliphatic hydroxyl groups is 1. The van der Waals surface area contributed by atoms with Crippen LogP contribution in [-0.2, 0) is 35.2 Å². The Bertz CT molecular complexity index is 2390. The fourth-order valence-corrected chi connectivity index (χ4v) is 8.69. The first-order chi connectivity index (χ1) is 32.1. The summed E-state index contributed by atoms with van der Waals surface area (Å²) in [5, 5.41) is 17.0. The maximum Gasteiger partial charge on any atom is 0.259 e. The quantitative estimate of drug-likeness (QED) is 0.0456. The van der Waals surface area contributed by atoms with Gasteiger partial charge >= 0.3 is 0 Å². The molecular formula is C49H60ClN7O9S. The van der Waals surface area contributed by atoms with E-state index < -0.39 is 35.5 Å². The number of unbranched alkanes of at least 4 members (excludes halogenated alkanes) is 1. The van der Waals surface area contributed by atoms with Crippen LogP contribution in [0.25, 0.3) is 11.3 Å². The summed E-state index contributed by atoms with van der Waals surface area (Å²) >= 11 is 12.3. The van der Waals surface area contributed by atoms with Crippen molar-refractivity contribution in [2.45, 2.75) is 90.6 Å². The predicted octanol–water partition coefficient (Wildman–Crippen LogP) is 6.27. The number of thiocarbonyl (C=S) groups is 1. The van der Waals surface area contributed by atoms with Gasteiger partial charge in [0, 0.05) is 69.4 Å². The standard InChI is InChI=1S/C49H60ClN7O9S/c1-31(2)43(46(61)55-28-38(58)25-41(55)45(60)52-26-33-10-12-34(13-11-33)44-32(3)53-30-66-44)54-42(59)29-64-22-9-21-63-20-7-8-23-65-39-18-16-36(17-19-39)57-48(67)56(47(62)49(57,4)5)37-15-14-35(27-51-6)40(50)24-37/h10-19,24,27,30-31,38,41,43,58H,7-9,20-23,25-26,28-29H2,1-6H3,(H,52,60)(H,54,59)/b51-27-/t38-,41+,43+/m1/s1. The summed E-state index contributed by atoms with van der Waals surface area (Å²) in [5.74, 6) is -0.351. The number of aromatic nitrogens is 1. The maximum atomic E-state index is 13.7. The van der Waals surface area contributed by atoms with Gasteiger partial charge < -0.3 is 44.2 Å². The molecule has 0 aliphatic carbocycles. The lowest BCUT2D eigenvalue weighted by Crippen LogP contribution is -2.55. The number of nitrogens with zero attached hydrogens (tertiary/aromatic N) is 5. The monoisotopic (exact) mass is 957 g/mol. The highest BCUT2D eigenvalue weighted by Crippen LogP contribution is 2.38. The molecule has 67 heavy (non-hydrogen) atoms. The van der Waals surface area contributed by atoms with Crippen molar-refractivity contribution in [2.24, 2.45) is 10.9 Å². The molecule has 16 nitrogen and oxygen atoms in total. The lowest BCUT2D eigenvalue weighted by atomic mass is 10.0. The molecule has 2 aliphatic heterocycles. The van der Waals surface area contributed by atoms with Gasteiger partial charge in [0.15, 0.2) is 17.3 Å². The number of carbonyl (C=O) groups excluding carboxylic acids is 4. The second-order valence-electron chi connectivity index (χ2n) is 17.3. The van der Waals surface area contributed by atoms with Crippen LogP contribution in [0, 0.1) is 12.8 Å². The Hall–Kier alpha value is -5.72. The highest BCUT2D eigenvalue weighted by atomic mass is 35.5. The van der Waals surface area contributed by atoms with E-state index in [2.05, 4.69) is 20.6 Å². The van der Waals surface area contributed by atoms with Crippen LogP contribution in [0.2, 0.25) is 5.02 Å². The van der Waals surface area contributed by atoms with Gasteiger partial charge in [-0.25, -0.2) is 4.98 Å². The first-order valence-corrected chi connectivity index (χ1v) is 23.2. The number of hydrogen-bond donors (Lipinski definition) is 3. The van der Waals surface area contributed by atoms with Crippen LogP contribution in [0.3, 0.4) is 0 Å². The summed E-state index contributed by atoms with van der Waals surface area (Å²) in [5.41, 5.74) is 3.66. The van der Waals surface area contributed by atoms with Crippen molar-refractivity contribution in [1.29, 1.82) is 0 Å². The van der Waals surface area contributed by atoms with E-state index >= 15 is 0 Å². The molecule has 0 unspecified atom stereocenters. The molecule has 358 valence electrons. The van der Waals surface area contributed by atoms with E-state index in [1.807, 2.05) is 94.1 Å². The van der Waals surface area contributed by atoms with E-state index in [0.717, 1.165) is 40.9 Å². The van der Waals surface area contributed by atoms with Gasteiger partial charge in [0.2, 0.25) is 17.7 Å². The molecule has 0 spiro atoms. The van der Waals surface area contributed by atoms with Crippen LogP contribution in [0.4, 0.5) is 11.4 Å². The van der Waals surface area contributed by atoms with Gasteiger partial charge in [0.05, 0.1) is 29.1 Å². The molecule has 2 fully saturated rings. The number of ether oxygens (including phenoxy) is 3. The van der Waals surface area contributed by atoms with Crippen LogP contribution in [0.5, 0.6) is 5.75 Å². The molecule has 3 heterocycles. The summed E-state index contributed by atoms with van der Waals surface area (Å²) in [4.78, 5) is 66.4. The number of amides is 4. The normalized spacial score (nSPS) is 17.5. The number of aliphatic hydroxyl groups excluding tert-OH is 1. The third kappa shape index (κ3) is 12.6. The van der Waals surface area contributed by atoms with Crippen molar-refractivity contribution in [3.05, 3.63) is 95.0 Å². The Kier molecular flexibility index (Phi) is 17.7. The minimum absolute atomic E-state index is 0.0129. The van der Waals surface area contributed by atoms with E-state index in [4.69, 9.17) is 42.4 Å². The van der Waals surface area contributed by atoms with Crippen molar-refractivity contribution in [3.8, 4) is 17.1 Å². The molecule has 4 amide bonds. The van der Waals surface area contributed by atoms with Crippen molar-refractivity contribution < 1.29 is 42.9 Å². The number of β-amino-alcohol motifs (C(OH)–C–C–N with tert-alkyl or cyclic N) is 1. The molecule has 6 rings (SSSR count). The van der Waals surface area contributed by atoms with Crippen molar-refractivity contribution in [3.63, 3.8) is 0 Å². The molecule has 0 bridgehead atoms. The Morgan fingerprint density at radius 1 is 1.00 bits per heavy atom. The largest absolute Gasteiger partial charge is 0.494 e. The fourth-order valence-electron chi connectivity index (χ4n) is 7.95. The van der Waals surface area contributed by atoms with Gasteiger partial charge in [0.1, 0.15) is 30.0 Å². The molecule has 2 aliphatic rings. The fraction of sp³-hybridized carbons (Fsp3) is 0.449. The molecular weight excluding hydrogens is 898 g/mol. The lowest BCUT2D eigenvalue weighted by Gasteiger charge is -2.30. The van der Waals surface area contributed by atoms with Crippen molar-refractivity contribution in [1.82, 2.24) is 20.5 Å². The second kappa shape index (κ2) is 23.3. The molecule has 0 radical (unpaired) electrons. The molecule has 3 aromatic carbocycles. The number of oxazole rings is 1. The average molecular weight is 959 g/mol. The third-order valence-corrected chi connectivity index (χ3v) is 12.3. The molecule has 18 heteroatoms. The topological polar surface area (TPSA) is 188 Å². The smallest absolute Gasteiger partial charge is 0.259 e. The highest BCUT2D eigenvalue weighted by molar-refractivity contribution is 7.81. The number of likely N-dealkylation sites (tertiary alicyclic amines) is 1. The number of benzene rings is 3. The first kappa shape index (κ1) is 50.7. The minimum Gasteiger partial charge on any atom is -0.494 e. The number of aryl methyl sites for hydroxylation is 1. The number of aliphatic imine (C=N–C) groups is 1. The highest BCUT2D eigenvalue weighted by Gasteiger charge is 2.50. The molecule has 1 aromatic heterocycles. The van der Waals surface area contributed by atoms with Crippen LogP contribution in [0.1, 0.15) is 70.2 Å². The second-order valence-corrected chi connectivity index (χ2v) is 18.1. The summed E-state index contributed by atoms with van der Waals surface area (Å²) in [7, 11) is 1.67. The van der Waals surface area contributed by atoms with Gasteiger partial charge in [-0.15, -0.1) is 0 Å². The third-order valence-electron chi connectivity index (χ3n) is 11.6. The van der Waals surface area contributed by atoms with Crippen LogP contribution in [0.15, 0.2) is 82.5 Å². The summed E-state index contributed by atoms with van der Waals surface area (Å²) in [6.07, 6.45) is 4.41. The average Bonchev–Trinajstić information content (AvgIpc) is 3.97. The number of nitrogens with one attached hydrogen (secondary N) is 2. The Morgan fingerprint density at radius 3 is 2.36 bits per heavy atom. The molecule has 3 N–H and O–H groups in total. The van der Waals surface area contributed by atoms with Crippen molar-refractivity contribution in [2.75, 3.05) is 56.4 Å². The lowest BCUT2D eigenvalue weighted by molar-refractivity contribution is -0.143. The number of hydrogen-bond acceptors (Lipinski definition) is 12. The summed E-state index contributed by atoms with van der Waals surface area (Å²) in [6.45, 7) is 10.9. The molecule has 2 saturated heterocycles. The maximum absolute atomic E-state index is 13.7. The predicted molar refractivity (Wildman–Crippen MR) is 260 cm³/mol. The summed E-state index contributed by atoms with van der Waals surface area (Å²) in [6, 6.07) is 18.5. The van der Waals surface area contributed by atoms with Crippen LogP contribution in [-0.4, -0.2) is 120 Å². The minimum atomic E-state index is -0.931. The number of carbonyl (C=O) groups is 4. The van der Waals surface area contributed by atoms with Crippen LogP contribution < -0.4 is 25.2 Å². The zero-order chi connectivity index (χ0) is 48.3. The van der Waals surface area contributed by atoms with Gasteiger partial charge in [-0.2, -0.15) is 0 Å². The van der Waals surface area contributed by atoms with Crippen LogP contribution >= 0.6 is 23.8 Å². The van der Waals surface area contributed by atoms with Gasteiger partial charge in [-0.3, -0.25) is 29.1 Å². The van der Waals surface area contributed by atoms with E-state index in [-0.39, 0.29) is 50.5 Å². The van der Waals surface area contributed by atoms with Crippen molar-refractivity contribution >= 4 is 70.1 Å². The number of anilines is 2. The summed E-state index contributed by atoms with van der Waals surface area (Å²) < 4.78 is 22.7. The Morgan fingerprint density at radius 2 is 1.69 bits per heavy atom. The SMILES string of the molecule is C/N=C\c1ccc(N2C(=O)C(C)(C)N(c3ccc(OCCCCOCCCOCC(=O)N[C@H](C(=O)N4C[C@H](O)C[C@H]4C(=O)NCc4ccc(-c5ocnc5C)cc4)C(C)C)cc3)C2=S)cc1Cl. The van der Waals surface area contributed by atoms with E-state index in [0.29, 0.717) is 53.6 Å². The van der Waals surface area contributed by atoms with Gasteiger partial charge in [-0.05, 0) is 106 Å². The van der Waals surface area contributed by atoms with E-state index in [1.165, 1.54) is 16.2 Å². The molecule has 4 aromatic rings. The Balaban J connectivity index is 0.844. The zero-order valence-electron chi connectivity index (χ0n) is 38.8.